The van der Waals surface area contributed by atoms with Crippen LogP contribution in [0.1, 0.15) is 17.7 Å². The van der Waals surface area contributed by atoms with E-state index in [-0.39, 0.29) is 18.5 Å². The van der Waals surface area contributed by atoms with Gasteiger partial charge in [-0.25, -0.2) is 0 Å². The average Bonchev–Trinajstić information content (AvgIpc) is 2.54. The summed E-state index contributed by atoms with van der Waals surface area (Å²) in [7, 11) is 0. The van der Waals surface area contributed by atoms with Crippen LogP contribution >= 0.6 is 35.0 Å². The molecule has 1 N–H and O–H groups in total. The van der Waals surface area contributed by atoms with Crippen LogP contribution in [0.25, 0.3) is 0 Å². The van der Waals surface area contributed by atoms with Crippen molar-refractivity contribution in [3.63, 3.8) is 0 Å². The van der Waals surface area contributed by atoms with Crippen molar-refractivity contribution in [1.82, 2.24) is 14.9 Å². The third kappa shape index (κ3) is 3.45. The van der Waals surface area contributed by atoms with Gasteiger partial charge in [-0.15, -0.1) is 10.2 Å². The Morgan fingerprint density at radius 2 is 2.12 bits per heavy atom. The minimum absolute atomic E-state index is 0.00132. The van der Waals surface area contributed by atoms with Gasteiger partial charge in [0.1, 0.15) is 5.69 Å². The van der Waals surface area contributed by atoms with E-state index in [4.69, 9.17) is 28.3 Å². The second-order valence-electron chi connectivity index (χ2n) is 4.90. The minimum Gasteiger partial charge on any atom is -0.481 e. The van der Waals surface area contributed by atoms with Gasteiger partial charge >= 0.3 is 5.97 Å². The highest BCUT2D eigenvalue weighted by Crippen LogP contribution is 2.26. The van der Waals surface area contributed by atoms with Crippen LogP contribution in [0, 0.1) is 0 Å². The van der Waals surface area contributed by atoms with Crippen molar-refractivity contribution in [2.75, 3.05) is 5.75 Å². The summed E-state index contributed by atoms with van der Waals surface area (Å²) < 4.78 is 1.14. The van der Waals surface area contributed by atoms with E-state index in [9.17, 15) is 9.59 Å². The molecule has 1 aliphatic heterocycles. The molecule has 0 fully saturated rings. The first-order valence-corrected chi connectivity index (χ1v) is 8.56. The van der Waals surface area contributed by atoms with Crippen molar-refractivity contribution >= 4 is 46.6 Å². The molecule has 0 aliphatic carbocycles. The fourth-order valence-electron chi connectivity index (χ4n) is 2.10. The smallest absolute Gasteiger partial charge is 0.303 e. The van der Waals surface area contributed by atoms with E-state index in [2.05, 4.69) is 15.3 Å². The molecule has 24 heavy (non-hydrogen) atoms. The lowest BCUT2D eigenvalue weighted by Crippen LogP contribution is -2.30. The van der Waals surface area contributed by atoms with Gasteiger partial charge in [0.25, 0.3) is 5.56 Å². The highest BCUT2D eigenvalue weighted by molar-refractivity contribution is 7.99. The summed E-state index contributed by atoms with van der Waals surface area (Å²) in [6.45, 7) is 0. The van der Waals surface area contributed by atoms with Crippen LogP contribution < -0.4 is 5.56 Å². The van der Waals surface area contributed by atoms with E-state index in [1.807, 2.05) is 0 Å². The van der Waals surface area contributed by atoms with Gasteiger partial charge in [-0.3, -0.25) is 9.59 Å². The zero-order valence-electron chi connectivity index (χ0n) is 12.1. The number of benzene rings is 1. The zero-order valence-corrected chi connectivity index (χ0v) is 14.4. The Labute approximate surface area is 150 Å². The fourth-order valence-corrected chi connectivity index (χ4v) is 3.44. The predicted octanol–water partition coefficient (Wildman–Crippen LogP) is 2.32. The largest absolute Gasteiger partial charge is 0.481 e. The maximum atomic E-state index is 12.4. The van der Waals surface area contributed by atoms with E-state index < -0.39 is 11.5 Å². The Kier molecular flexibility index (Phi) is 4.88. The number of carbonyl (C=O) groups is 1. The fraction of sp³-hybridized carbons (Fsp3) is 0.214. The molecule has 0 amide bonds. The third-order valence-corrected chi connectivity index (χ3v) is 4.73. The van der Waals surface area contributed by atoms with E-state index in [0.29, 0.717) is 32.2 Å². The second kappa shape index (κ2) is 6.92. The SMILES string of the molecule is O=C(O)CCc1nnc2n(c1=O)N=C(c1ccc(Cl)cc1Cl)CS2. The summed E-state index contributed by atoms with van der Waals surface area (Å²) in [6.07, 6.45) is -0.200. The highest BCUT2D eigenvalue weighted by Gasteiger charge is 2.21. The molecule has 124 valence electrons. The molecular formula is C14H10Cl2N4O3S. The molecule has 1 aromatic carbocycles. The van der Waals surface area contributed by atoms with Crippen molar-refractivity contribution < 1.29 is 9.90 Å². The standard InChI is InChI=1S/C14H10Cl2N4O3S/c15-7-1-2-8(9(16)5-7)11-6-24-14-18-17-10(3-4-12(21)22)13(23)20(14)19-11/h1-2,5H,3-4,6H2,(H,21,22). The van der Waals surface area contributed by atoms with Gasteiger partial charge < -0.3 is 5.11 Å². The van der Waals surface area contributed by atoms with E-state index >= 15 is 0 Å². The van der Waals surface area contributed by atoms with Gasteiger partial charge in [-0.2, -0.15) is 9.78 Å². The van der Waals surface area contributed by atoms with Crippen LogP contribution in [0.5, 0.6) is 0 Å². The molecular weight excluding hydrogens is 375 g/mol. The van der Waals surface area contributed by atoms with E-state index in [1.54, 1.807) is 18.2 Å². The Hall–Kier alpha value is -1.90. The highest BCUT2D eigenvalue weighted by atomic mass is 35.5. The van der Waals surface area contributed by atoms with Gasteiger partial charge in [0.05, 0.1) is 17.2 Å². The number of rotatable bonds is 4. The number of hydrogen-bond donors (Lipinski definition) is 1. The maximum Gasteiger partial charge on any atom is 0.303 e. The Morgan fingerprint density at radius 3 is 2.83 bits per heavy atom. The quantitative estimate of drug-likeness (QED) is 0.868. The van der Waals surface area contributed by atoms with Gasteiger partial charge in [0.2, 0.25) is 5.16 Å². The molecule has 2 aromatic rings. The minimum atomic E-state index is -1.01. The summed E-state index contributed by atoms with van der Waals surface area (Å²) in [5.74, 6) is -0.533. The van der Waals surface area contributed by atoms with Gasteiger partial charge in [0.15, 0.2) is 0 Å². The maximum absolute atomic E-state index is 12.4. The number of carboxylic acids is 1. The lowest BCUT2D eigenvalue weighted by molar-refractivity contribution is -0.136. The number of aliphatic carboxylic acids is 1. The van der Waals surface area contributed by atoms with Gasteiger partial charge in [0, 0.05) is 22.8 Å². The second-order valence-corrected chi connectivity index (χ2v) is 6.69. The lowest BCUT2D eigenvalue weighted by Gasteiger charge is -2.16. The van der Waals surface area contributed by atoms with Gasteiger partial charge in [-0.05, 0) is 12.1 Å². The van der Waals surface area contributed by atoms with E-state index in [1.165, 1.54) is 11.8 Å². The summed E-state index contributed by atoms with van der Waals surface area (Å²) >= 11 is 13.4. The molecule has 0 saturated heterocycles. The lowest BCUT2D eigenvalue weighted by atomic mass is 10.1. The van der Waals surface area contributed by atoms with Crippen molar-refractivity contribution in [3.8, 4) is 0 Å². The molecule has 7 nitrogen and oxygen atoms in total. The molecule has 1 aromatic heterocycles. The molecule has 0 radical (unpaired) electrons. The van der Waals surface area contributed by atoms with Crippen LogP contribution in [0.2, 0.25) is 10.0 Å². The summed E-state index contributed by atoms with van der Waals surface area (Å²) in [5.41, 5.74) is 0.869. The molecule has 2 heterocycles. The molecule has 0 saturated carbocycles. The van der Waals surface area contributed by atoms with Crippen molar-refractivity contribution in [2.24, 2.45) is 5.10 Å². The molecule has 3 rings (SSSR count). The molecule has 0 spiro atoms. The molecule has 0 unspecified atom stereocenters. The summed E-state index contributed by atoms with van der Waals surface area (Å²) in [4.78, 5) is 23.1. The topological polar surface area (TPSA) is 97.4 Å². The van der Waals surface area contributed by atoms with Gasteiger partial charge in [-0.1, -0.05) is 41.0 Å². The molecule has 0 atom stereocenters. The number of aromatic nitrogens is 3. The van der Waals surface area contributed by atoms with Crippen LogP contribution in [0.4, 0.5) is 0 Å². The predicted molar refractivity (Wildman–Crippen MR) is 91.4 cm³/mol. The average molecular weight is 385 g/mol. The Bertz CT molecular complexity index is 913. The Morgan fingerprint density at radius 1 is 1.33 bits per heavy atom. The molecule has 1 aliphatic rings. The monoisotopic (exact) mass is 384 g/mol. The third-order valence-electron chi connectivity index (χ3n) is 3.25. The zero-order chi connectivity index (χ0) is 17.3. The van der Waals surface area contributed by atoms with Crippen LogP contribution in [-0.4, -0.2) is 37.4 Å². The first-order valence-electron chi connectivity index (χ1n) is 6.82. The summed E-state index contributed by atoms with van der Waals surface area (Å²) in [5, 5.41) is 22.1. The van der Waals surface area contributed by atoms with Crippen LogP contribution in [-0.2, 0) is 11.2 Å². The summed E-state index contributed by atoms with van der Waals surface area (Å²) in [6, 6.07) is 5.03. The first-order chi connectivity index (χ1) is 11.5. The number of carboxylic acid groups (broad SMARTS) is 1. The normalized spacial score (nSPS) is 13.3. The van der Waals surface area contributed by atoms with Crippen molar-refractivity contribution in [2.45, 2.75) is 18.0 Å². The van der Waals surface area contributed by atoms with Crippen LogP contribution in [0.15, 0.2) is 33.3 Å². The number of thioether (sulfide) groups is 1. The van der Waals surface area contributed by atoms with Crippen molar-refractivity contribution in [3.05, 3.63) is 49.9 Å². The van der Waals surface area contributed by atoms with Crippen molar-refractivity contribution in [1.29, 1.82) is 0 Å². The Balaban J connectivity index is 2.02. The number of aryl methyl sites for hydroxylation is 1. The molecule has 0 bridgehead atoms. The molecule has 10 heteroatoms. The number of fused-ring (bicyclic) bond motifs is 1. The number of halogens is 2. The first kappa shape index (κ1) is 16.9. The number of nitrogens with zero attached hydrogens (tertiary/aromatic N) is 4. The van der Waals surface area contributed by atoms with E-state index in [0.717, 1.165) is 4.68 Å². The number of hydrogen-bond acceptors (Lipinski definition) is 6. The van der Waals surface area contributed by atoms with Crippen LogP contribution in [0.3, 0.4) is 0 Å².